The fraction of sp³-hybridized carbons (Fsp3) is 0.538. The highest BCUT2D eigenvalue weighted by molar-refractivity contribution is 7.91. The Balaban J connectivity index is 2.46. The molecule has 0 spiro atoms. The summed E-state index contributed by atoms with van der Waals surface area (Å²) in [5.74, 6) is 0.279. The summed E-state index contributed by atoms with van der Waals surface area (Å²) in [6.45, 7) is 5.99. The van der Waals surface area contributed by atoms with Gasteiger partial charge in [-0.2, -0.15) is 5.26 Å². The molecule has 1 aliphatic heterocycles. The molecule has 0 radical (unpaired) electrons. The molecule has 0 amide bonds. The number of aromatic nitrogens is 1. The minimum Gasteiger partial charge on any atom is -0.366 e. The largest absolute Gasteiger partial charge is 0.366 e. The van der Waals surface area contributed by atoms with Crippen LogP contribution in [-0.4, -0.2) is 37.5 Å². The fourth-order valence-electron chi connectivity index (χ4n) is 2.53. The smallest absolute Gasteiger partial charge is 0.154 e. The number of hydrogen-bond acceptors (Lipinski definition) is 5. The van der Waals surface area contributed by atoms with Gasteiger partial charge in [0.05, 0.1) is 28.5 Å². The van der Waals surface area contributed by atoms with Crippen LogP contribution in [0.1, 0.15) is 23.9 Å². The van der Waals surface area contributed by atoms with Crippen molar-refractivity contribution in [2.75, 3.05) is 23.0 Å². The molecule has 1 atom stereocenters. The van der Waals surface area contributed by atoms with Crippen LogP contribution in [0.4, 0.5) is 5.69 Å². The average Bonchev–Trinajstić information content (AvgIpc) is 2.26. The van der Waals surface area contributed by atoms with Gasteiger partial charge in [0, 0.05) is 18.3 Å². The molecule has 5 nitrogen and oxygen atoms in total. The molecule has 0 aromatic carbocycles. The number of anilines is 1. The molecule has 1 fully saturated rings. The van der Waals surface area contributed by atoms with Gasteiger partial charge in [-0.1, -0.05) is 0 Å². The number of nitrogens with zero attached hydrogens (tertiary/aromatic N) is 3. The molecule has 1 aromatic rings. The van der Waals surface area contributed by atoms with Crippen LogP contribution >= 0.6 is 0 Å². The van der Waals surface area contributed by atoms with Gasteiger partial charge < -0.3 is 4.90 Å². The van der Waals surface area contributed by atoms with Gasteiger partial charge in [0.15, 0.2) is 9.84 Å². The first-order chi connectivity index (χ1) is 8.84. The zero-order valence-electron chi connectivity index (χ0n) is 11.3. The Kier molecular flexibility index (Phi) is 3.50. The number of nitriles is 1. The minimum atomic E-state index is -2.95. The highest BCUT2D eigenvalue weighted by Crippen LogP contribution is 2.27. The highest BCUT2D eigenvalue weighted by atomic mass is 32.2. The van der Waals surface area contributed by atoms with Crippen LogP contribution < -0.4 is 4.90 Å². The molecule has 1 aliphatic rings. The molecule has 0 N–H and O–H groups in total. The fourth-order valence-corrected chi connectivity index (χ4v) is 4.09. The number of aryl methyl sites for hydroxylation is 2. The number of sulfone groups is 1. The van der Waals surface area contributed by atoms with Crippen molar-refractivity contribution in [1.29, 1.82) is 5.26 Å². The van der Waals surface area contributed by atoms with Crippen molar-refractivity contribution in [3.63, 3.8) is 0 Å². The van der Waals surface area contributed by atoms with Crippen LogP contribution in [0.25, 0.3) is 0 Å². The van der Waals surface area contributed by atoms with Gasteiger partial charge in [0.2, 0.25) is 0 Å². The van der Waals surface area contributed by atoms with E-state index in [1.165, 1.54) is 0 Å². The molecule has 0 bridgehead atoms. The second-order valence-electron chi connectivity index (χ2n) is 5.01. The van der Waals surface area contributed by atoms with E-state index in [0.717, 1.165) is 11.4 Å². The van der Waals surface area contributed by atoms with E-state index in [9.17, 15) is 13.7 Å². The number of hydrogen-bond donors (Lipinski definition) is 0. The van der Waals surface area contributed by atoms with E-state index in [4.69, 9.17) is 0 Å². The maximum Gasteiger partial charge on any atom is 0.154 e. The lowest BCUT2D eigenvalue weighted by Gasteiger charge is -2.35. The van der Waals surface area contributed by atoms with E-state index < -0.39 is 9.84 Å². The Labute approximate surface area is 113 Å². The van der Waals surface area contributed by atoms with Crippen molar-refractivity contribution in [3.05, 3.63) is 23.0 Å². The average molecular weight is 279 g/mol. The summed E-state index contributed by atoms with van der Waals surface area (Å²) in [6.07, 6.45) is 0. The topological polar surface area (TPSA) is 74.1 Å². The van der Waals surface area contributed by atoms with Gasteiger partial charge in [0.1, 0.15) is 6.07 Å². The Morgan fingerprint density at radius 1 is 1.47 bits per heavy atom. The monoisotopic (exact) mass is 279 g/mol. The van der Waals surface area contributed by atoms with E-state index >= 15 is 0 Å². The van der Waals surface area contributed by atoms with Crippen molar-refractivity contribution in [2.45, 2.75) is 26.8 Å². The molecule has 2 rings (SSSR count). The van der Waals surface area contributed by atoms with Crippen molar-refractivity contribution < 1.29 is 8.42 Å². The van der Waals surface area contributed by atoms with Crippen LogP contribution in [0.2, 0.25) is 0 Å². The third kappa shape index (κ3) is 2.71. The van der Waals surface area contributed by atoms with E-state index in [-0.39, 0.29) is 17.5 Å². The summed E-state index contributed by atoms with van der Waals surface area (Å²) >= 11 is 0. The van der Waals surface area contributed by atoms with Gasteiger partial charge in [-0.25, -0.2) is 8.42 Å². The molecule has 19 heavy (non-hydrogen) atoms. The first-order valence-corrected chi connectivity index (χ1v) is 8.01. The summed E-state index contributed by atoms with van der Waals surface area (Å²) in [6, 6.07) is 3.92. The molecule has 6 heteroatoms. The standard InChI is InChI=1S/C13H17N3O2S/c1-9-6-13(12(7-14)11(3)15-9)16-4-5-19(17,18)8-10(16)2/h6,10H,4-5,8H2,1-3H3. The normalized spacial score (nSPS) is 22.0. The third-order valence-corrected chi connectivity index (χ3v) is 5.19. The lowest BCUT2D eigenvalue weighted by Crippen LogP contribution is -2.47. The van der Waals surface area contributed by atoms with Crippen LogP contribution in [0.15, 0.2) is 6.07 Å². The first-order valence-electron chi connectivity index (χ1n) is 6.19. The maximum atomic E-state index is 11.6. The first kappa shape index (κ1) is 13.8. The van der Waals surface area contributed by atoms with Crippen molar-refractivity contribution in [2.24, 2.45) is 0 Å². The van der Waals surface area contributed by atoms with Crippen LogP contribution in [0.5, 0.6) is 0 Å². The predicted molar refractivity (Wildman–Crippen MR) is 73.9 cm³/mol. The van der Waals surface area contributed by atoms with Crippen molar-refractivity contribution in [1.82, 2.24) is 4.98 Å². The molecule has 0 saturated carbocycles. The quantitative estimate of drug-likeness (QED) is 0.772. The lowest BCUT2D eigenvalue weighted by molar-refractivity contribution is 0.568. The molecular formula is C13H17N3O2S. The zero-order valence-corrected chi connectivity index (χ0v) is 12.2. The SMILES string of the molecule is Cc1cc(N2CCS(=O)(=O)CC2C)c(C#N)c(C)n1. The second-order valence-corrected chi connectivity index (χ2v) is 7.24. The van der Waals surface area contributed by atoms with Crippen LogP contribution in [-0.2, 0) is 9.84 Å². The molecule has 102 valence electrons. The van der Waals surface area contributed by atoms with E-state index in [2.05, 4.69) is 11.1 Å². The maximum absolute atomic E-state index is 11.6. The summed E-state index contributed by atoms with van der Waals surface area (Å²) in [5.41, 5.74) is 2.87. The molecule has 0 aliphatic carbocycles. The molecule has 1 saturated heterocycles. The van der Waals surface area contributed by atoms with Crippen molar-refractivity contribution >= 4 is 15.5 Å². The molecular weight excluding hydrogens is 262 g/mol. The molecule has 1 unspecified atom stereocenters. The van der Waals surface area contributed by atoms with Gasteiger partial charge in [0.25, 0.3) is 0 Å². The second kappa shape index (κ2) is 4.82. The zero-order chi connectivity index (χ0) is 14.2. The Morgan fingerprint density at radius 3 is 2.74 bits per heavy atom. The Bertz CT molecular complexity index is 647. The van der Waals surface area contributed by atoms with E-state index in [1.807, 2.05) is 24.8 Å². The van der Waals surface area contributed by atoms with E-state index in [1.54, 1.807) is 6.92 Å². The summed E-state index contributed by atoms with van der Waals surface area (Å²) in [4.78, 5) is 6.29. The third-order valence-electron chi connectivity index (χ3n) is 3.40. The molecule has 1 aromatic heterocycles. The summed E-state index contributed by atoms with van der Waals surface area (Å²) in [7, 11) is -2.95. The number of rotatable bonds is 1. The predicted octanol–water partition coefficient (Wildman–Crippen LogP) is 1.19. The highest BCUT2D eigenvalue weighted by Gasteiger charge is 2.30. The van der Waals surface area contributed by atoms with Crippen LogP contribution in [0, 0.1) is 25.2 Å². The lowest BCUT2D eigenvalue weighted by atomic mass is 10.1. The van der Waals surface area contributed by atoms with Gasteiger partial charge >= 0.3 is 0 Å². The van der Waals surface area contributed by atoms with Crippen molar-refractivity contribution in [3.8, 4) is 6.07 Å². The van der Waals surface area contributed by atoms with Crippen LogP contribution in [0.3, 0.4) is 0 Å². The Morgan fingerprint density at radius 2 is 2.16 bits per heavy atom. The number of pyridine rings is 1. The summed E-state index contributed by atoms with van der Waals surface area (Å²) in [5, 5.41) is 9.27. The Hall–Kier alpha value is -1.61. The van der Waals surface area contributed by atoms with E-state index in [0.29, 0.717) is 17.8 Å². The minimum absolute atomic E-state index is 0.118. The summed E-state index contributed by atoms with van der Waals surface area (Å²) < 4.78 is 23.2. The van der Waals surface area contributed by atoms with Gasteiger partial charge in [-0.3, -0.25) is 4.98 Å². The van der Waals surface area contributed by atoms with Gasteiger partial charge in [-0.05, 0) is 26.8 Å². The van der Waals surface area contributed by atoms with Gasteiger partial charge in [-0.15, -0.1) is 0 Å². The molecule has 2 heterocycles.